The van der Waals surface area contributed by atoms with Gasteiger partial charge in [-0.05, 0) is 18.9 Å². The summed E-state index contributed by atoms with van der Waals surface area (Å²) in [6, 6.07) is 9.73. The monoisotopic (exact) mass is 250 g/mol. The molecule has 0 spiro atoms. The van der Waals surface area contributed by atoms with Crippen molar-refractivity contribution in [1.82, 2.24) is 0 Å². The molecule has 0 aliphatic rings. The Bertz CT molecular complexity index is 386. The second kappa shape index (κ2) is 7.61. The van der Waals surface area contributed by atoms with Gasteiger partial charge in [-0.15, -0.1) is 0 Å². The van der Waals surface area contributed by atoms with Crippen LogP contribution in [0, 0.1) is 5.92 Å². The third-order valence-corrected chi connectivity index (χ3v) is 2.64. The van der Waals surface area contributed by atoms with Gasteiger partial charge < -0.3 is 9.47 Å². The predicted octanol–water partition coefficient (Wildman–Crippen LogP) is 1.97. The Balaban J connectivity index is 2.31. The van der Waals surface area contributed by atoms with Crippen LogP contribution in [0.15, 0.2) is 30.3 Å². The summed E-state index contributed by atoms with van der Waals surface area (Å²) in [5.41, 5.74) is 1.06. The van der Waals surface area contributed by atoms with Crippen LogP contribution in [0.5, 0.6) is 0 Å². The van der Waals surface area contributed by atoms with E-state index in [0.717, 1.165) is 5.56 Å². The van der Waals surface area contributed by atoms with Crippen molar-refractivity contribution < 1.29 is 19.1 Å². The topological polar surface area (TPSA) is 52.6 Å². The van der Waals surface area contributed by atoms with E-state index in [4.69, 9.17) is 4.74 Å². The van der Waals surface area contributed by atoms with Gasteiger partial charge in [-0.3, -0.25) is 9.59 Å². The largest absolute Gasteiger partial charge is 0.468 e. The van der Waals surface area contributed by atoms with Crippen LogP contribution in [0.25, 0.3) is 0 Å². The molecule has 1 rings (SSSR count). The van der Waals surface area contributed by atoms with E-state index in [0.29, 0.717) is 19.6 Å². The first kappa shape index (κ1) is 14.4. The summed E-state index contributed by atoms with van der Waals surface area (Å²) in [5, 5.41) is 0. The smallest absolute Gasteiger partial charge is 0.316 e. The van der Waals surface area contributed by atoms with E-state index >= 15 is 0 Å². The average molecular weight is 250 g/mol. The zero-order valence-electron chi connectivity index (χ0n) is 10.7. The van der Waals surface area contributed by atoms with Crippen molar-refractivity contribution in [2.45, 2.75) is 20.0 Å². The van der Waals surface area contributed by atoms with Crippen LogP contribution >= 0.6 is 0 Å². The van der Waals surface area contributed by atoms with E-state index in [9.17, 15) is 9.59 Å². The molecule has 0 aromatic heterocycles. The quantitative estimate of drug-likeness (QED) is 0.422. The predicted molar refractivity (Wildman–Crippen MR) is 66.9 cm³/mol. The van der Waals surface area contributed by atoms with Crippen molar-refractivity contribution >= 4 is 11.8 Å². The third kappa shape index (κ3) is 4.67. The maximum atomic E-state index is 11.3. The zero-order valence-corrected chi connectivity index (χ0v) is 10.7. The van der Waals surface area contributed by atoms with E-state index in [1.54, 1.807) is 0 Å². The molecule has 0 saturated carbocycles. The van der Waals surface area contributed by atoms with E-state index in [-0.39, 0.29) is 5.78 Å². The van der Waals surface area contributed by atoms with Gasteiger partial charge in [0.2, 0.25) is 0 Å². The van der Waals surface area contributed by atoms with Gasteiger partial charge in [0.15, 0.2) is 0 Å². The highest BCUT2D eigenvalue weighted by atomic mass is 16.5. The molecular formula is C14H18O4. The number of hydrogen-bond donors (Lipinski definition) is 0. The number of ketones is 1. The molecule has 1 atom stereocenters. The highest BCUT2D eigenvalue weighted by Crippen LogP contribution is 2.08. The SMILES string of the molecule is COC(=O)C(CCOCc1ccccc1)C(C)=O. The Morgan fingerprint density at radius 3 is 2.44 bits per heavy atom. The third-order valence-electron chi connectivity index (χ3n) is 2.64. The second-order valence-corrected chi connectivity index (χ2v) is 4.01. The summed E-state index contributed by atoms with van der Waals surface area (Å²) >= 11 is 0. The Morgan fingerprint density at radius 1 is 1.22 bits per heavy atom. The second-order valence-electron chi connectivity index (χ2n) is 4.01. The molecule has 0 bridgehead atoms. The Kier molecular flexibility index (Phi) is 6.08. The number of benzene rings is 1. The van der Waals surface area contributed by atoms with Gasteiger partial charge in [0.1, 0.15) is 11.7 Å². The van der Waals surface area contributed by atoms with E-state index in [1.807, 2.05) is 30.3 Å². The normalized spacial score (nSPS) is 11.9. The number of ether oxygens (including phenoxy) is 2. The first-order chi connectivity index (χ1) is 8.65. The first-order valence-electron chi connectivity index (χ1n) is 5.85. The Labute approximate surface area is 107 Å². The fraction of sp³-hybridized carbons (Fsp3) is 0.429. The summed E-state index contributed by atoms with van der Waals surface area (Å²) < 4.78 is 10.0. The van der Waals surface area contributed by atoms with E-state index in [1.165, 1.54) is 14.0 Å². The van der Waals surface area contributed by atoms with Crippen molar-refractivity contribution in [3.05, 3.63) is 35.9 Å². The van der Waals surface area contributed by atoms with Gasteiger partial charge in [0.05, 0.1) is 13.7 Å². The van der Waals surface area contributed by atoms with Crippen LogP contribution in [0.4, 0.5) is 0 Å². The fourth-order valence-electron chi connectivity index (χ4n) is 1.59. The molecule has 18 heavy (non-hydrogen) atoms. The molecule has 98 valence electrons. The highest BCUT2D eigenvalue weighted by molar-refractivity contribution is 5.97. The number of rotatable bonds is 7. The molecule has 4 heteroatoms. The number of esters is 1. The molecule has 0 radical (unpaired) electrons. The molecule has 4 nitrogen and oxygen atoms in total. The van der Waals surface area contributed by atoms with Gasteiger partial charge in [0.25, 0.3) is 0 Å². The molecule has 0 fully saturated rings. The van der Waals surface area contributed by atoms with Crippen molar-refractivity contribution in [3.8, 4) is 0 Å². The number of carbonyl (C=O) groups excluding carboxylic acids is 2. The molecule has 0 heterocycles. The number of Topliss-reactive ketones (excluding diaryl/α,β-unsaturated/α-hetero) is 1. The number of hydrogen-bond acceptors (Lipinski definition) is 4. The van der Waals surface area contributed by atoms with E-state index in [2.05, 4.69) is 4.74 Å². The molecule has 1 aromatic rings. The van der Waals surface area contributed by atoms with Gasteiger partial charge in [-0.25, -0.2) is 0 Å². The average Bonchev–Trinajstić information content (AvgIpc) is 2.38. The van der Waals surface area contributed by atoms with Gasteiger partial charge >= 0.3 is 5.97 Å². The molecular weight excluding hydrogens is 232 g/mol. The van der Waals surface area contributed by atoms with Crippen LogP contribution in [0.2, 0.25) is 0 Å². The summed E-state index contributed by atoms with van der Waals surface area (Å²) in [4.78, 5) is 22.6. The van der Waals surface area contributed by atoms with Crippen LogP contribution in [-0.4, -0.2) is 25.5 Å². The molecule has 0 N–H and O–H groups in total. The summed E-state index contributed by atoms with van der Waals surface area (Å²) in [6.07, 6.45) is 0.356. The van der Waals surface area contributed by atoms with Crippen molar-refractivity contribution in [1.29, 1.82) is 0 Å². The van der Waals surface area contributed by atoms with Crippen LogP contribution < -0.4 is 0 Å². The zero-order chi connectivity index (χ0) is 13.4. The Morgan fingerprint density at radius 2 is 1.89 bits per heavy atom. The number of carbonyl (C=O) groups is 2. The molecule has 1 aromatic carbocycles. The van der Waals surface area contributed by atoms with Gasteiger partial charge in [0, 0.05) is 6.61 Å². The van der Waals surface area contributed by atoms with Crippen molar-refractivity contribution in [2.75, 3.05) is 13.7 Å². The minimum Gasteiger partial charge on any atom is -0.468 e. The lowest BCUT2D eigenvalue weighted by Gasteiger charge is -2.11. The van der Waals surface area contributed by atoms with Crippen LogP contribution in [-0.2, 0) is 25.7 Å². The lowest BCUT2D eigenvalue weighted by molar-refractivity contribution is -0.149. The standard InChI is InChI=1S/C14H18O4/c1-11(15)13(14(16)17-2)8-9-18-10-12-6-4-3-5-7-12/h3-7,13H,8-10H2,1-2H3. The van der Waals surface area contributed by atoms with Gasteiger partial charge in [-0.2, -0.15) is 0 Å². The van der Waals surface area contributed by atoms with Crippen molar-refractivity contribution in [3.63, 3.8) is 0 Å². The molecule has 1 unspecified atom stereocenters. The maximum absolute atomic E-state index is 11.3. The molecule has 0 amide bonds. The van der Waals surface area contributed by atoms with E-state index < -0.39 is 11.9 Å². The lowest BCUT2D eigenvalue weighted by atomic mass is 10.0. The molecule has 0 aliphatic heterocycles. The summed E-state index contributed by atoms with van der Waals surface area (Å²) in [7, 11) is 1.28. The highest BCUT2D eigenvalue weighted by Gasteiger charge is 2.23. The summed E-state index contributed by atoms with van der Waals surface area (Å²) in [5.74, 6) is -1.40. The van der Waals surface area contributed by atoms with Crippen LogP contribution in [0.3, 0.4) is 0 Å². The minimum atomic E-state index is -0.717. The lowest BCUT2D eigenvalue weighted by Crippen LogP contribution is -2.24. The first-order valence-corrected chi connectivity index (χ1v) is 5.85. The number of methoxy groups -OCH3 is 1. The minimum absolute atomic E-state index is 0.190. The fourth-order valence-corrected chi connectivity index (χ4v) is 1.59. The summed E-state index contributed by atoms with van der Waals surface area (Å²) in [6.45, 7) is 2.22. The molecule has 0 aliphatic carbocycles. The maximum Gasteiger partial charge on any atom is 0.316 e. The Hall–Kier alpha value is -1.68. The van der Waals surface area contributed by atoms with Crippen molar-refractivity contribution in [2.24, 2.45) is 5.92 Å². The molecule has 0 saturated heterocycles. The van der Waals surface area contributed by atoms with Crippen LogP contribution in [0.1, 0.15) is 18.9 Å². The van der Waals surface area contributed by atoms with Gasteiger partial charge in [-0.1, -0.05) is 30.3 Å².